The van der Waals surface area contributed by atoms with Crippen LogP contribution < -0.4 is 0 Å². The smallest absolute Gasteiger partial charge is 0.188 e. The topological polar surface area (TPSA) is 165 Å². The molecule has 5 heterocycles. The second kappa shape index (κ2) is 9.85. The van der Waals surface area contributed by atoms with Crippen LogP contribution >= 0.6 is 0 Å². The van der Waals surface area contributed by atoms with Crippen LogP contribution in [0.4, 0.5) is 11.4 Å². The van der Waals surface area contributed by atoms with Gasteiger partial charge in [-0.3, -0.25) is 0 Å². The number of aromatic nitrogens is 8. The Morgan fingerprint density at radius 1 is 0.458 bits per heavy atom. The highest BCUT2D eigenvalue weighted by molar-refractivity contribution is 6.07. The van der Waals surface area contributed by atoms with Crippen molar-refractivity contribution in [3.05, 3.63) is 107 Å². The van der Waals surface area contributed by atoms with Gasteiger partial charge < -0.3 is 9.97 Å². The van der Waals surface area contributed by atoms with Crippen molar-refractivity contribution in [1.29, 1.82) is 10.5 Å². The zero-order valence-corrected chi connectivity index (χ0v) is 24.4. The molecule has 0 spiro atoms. The van der Waals surface area contributed by atoms with Crippen LogP contribution in [0.2, 0.25) is 0 Å². The second-order valence-electron chi connectivity index (χ2n) is 11.0. The average molecular weight is 615 g/mol. The second-order valence-corrected chi connectivity index (χ2v) is 11.0. The van der Waals surface area contributed by atoms with Crippen LogP contribution in [0.3, 0.4) is 0 Å². The Labute approximate surface area is 270 Å². The summed E-state index contributed by atoms with van der Waals surface area (Å²) >= 11 is 0. The van der Waals surface area contributed by atoms with Gasteiger partial charge in [0, 0.05) is 43.8 Å². The Morgan fingerprint density at radius 2 is 0.896 bits per heavy atom. The first kappa shape index (κ1) is 26.6. The van der Waals surface area contributed by atoms with Gasteiger partial charge in [0.1, 0.15) is 22.6 Å². The SMILES string of the molecule is [C-]#[N+]c1ccc2c(c1)-c1nc-2nc2[nH]c(nc3nc(nc4[nH]c(n1)c1ccc(C#N)cc41)-c1ccc(C#N)cc1-3)c1ccc([N+]#[C-])cc21. The first-order valence-corrected chi connectivity index (χ1v) is 14.5. The monoisotopic (exact) mass is 614 g/mol. The van der Waals surface area contributed by atoms with Gasteiger partial charge in [-0.05, 0) is 48.5 Å². The molecule has 8 bridgehead atoms. The molecule has 12 heteroatoms. The summed E-state index contributed by atoms with van der Waals surface area (Å²) in [4.78, 5) is 43.2. The Bertz CT molecular complexity index is 2760. The van der Waals surface area contributed by atoms with Gasteiger partial charge in [-0.2, -0.15) is 10.5 Å². The number of hydrogen-bond acceptors (Lipinski definition) is 8. The van der Waals surface area contributed by atoms with Gasteiger partial charge in [-0.15, -0.1) is 0 Å². The lowest BCUT2D eigenvalue weighted by molar-refractivity contribution is 1.19. The molecule has 2 aliphatic heterocycles. The molecule has 48 heavy (non-hydrogen) atoms. The fraction of sp³-hybridized carbons (Fsp3) is 0. The van der Waals surface area contributed by atoms with Crippen LogP contribution in [0.15, 0.2) is 72.8 Å². The summed E-state index contributed by atoms with van der Waals surface area (Å²) in [6.07, 6.45) is 0. The van der Waals surface area contributed by atoms with Gasteiger partial charge in [0.25, 0.3) is 0 Å². The predicted octanol–water partition coefficient (Wildman–Crippen LogP) is 7.71. The number of H-pyrrole nitrogens is 2. The van der Waals surface area contributed by atoms with Gasteiger partial charge in [-0.25, -0.2) is 39.6 Å². The Hall–Kier alpha value is -7.80. The normalized spacial score (nSPS) is 11.2. The lowest BCUT2D eigenvalue weighted by Gasteiger charge is -1.99. The van der Waals surface area contributed by atoms with E-state index >= 15 is 0 Å². The Kier molecular flexibility index (Phi) is 5.46. The number of nitriles is 2. The summed E-state index contributed by atoms with van der Waals surface area (Å²) < 4.78 is 0. The van der Waals surface area contributed by atoms with E-state index in [1.807, 2.05) is 0 Å². The van der Waals surface area contributed by atoms with Crippen molar-refractivity contribution in [2.75, 3.05) is 0 Å². The zero-order valence-electron chi connectivity index (χ0n) is 24.4. The quantitative estimate of drug-likeness (QED) is 0.164. The minimum atomic E-state index is 0.334. The van der Waals surface area contributed by atoms with Gasteiger partial charge in [0.15, 0.2) is 34.7 Å². The van der Waals surface area contributed by atoms with E-state index in [0.29, 0.717) is 112 Å². The van der Waals surface area contributed by atoms with E-state index in [4.69, 9.17) is 43.0 Å². The van der Waals surface area contributed by atoms with Crippen LogP contribution in [0, 0.1) is 35.8 Å². The predicted molar refractivity (Wildman–Crippen MR) is 178 cm³/mol. The molecule has 9 rings (SSSR count). The molecule has 12 nitrogen and oxygen atoms in total. The number of rotatable bonds is 0. The molecule has 0 saturated carbocycles. The van der Waals surface area contributed by atoms with E-state index in [-0.39, 0.29) is 0 Å². The van der Waals surface area contributed by atoms with E-state index in [1.54, 1.807) is 72.8 Å². The Morgan fingerprint density at radius 3 is 1.50 bits per heavy atom. The standard InChI is InChI=1S/C36H14N12/c1-39-19-5-9-23-27(13-19)36-46-31(23)44-34-25-11-17(15-37)3-7-21(25)29(42-34)41-33-26-12-18(16-38)4-8-22(26)30(43-33)45-35-28-14-20(40-2)6-10-24(28)32(47-35)48-36/h3-14H,(H2,41,42,43,44,45,46,47,48). The van der Waals surface area contributed by atoms with E-state index in [2.05, 4.69) is 31.8 Å². The molecule has 0 atom stereocenters. The molecule has 0 saturated heterocycles. The zero-order chi connectivity index (χ0) is 32.5. The third-order valence-corrected chi connectivity index (χ3v) is 8.31. The third-order valence-electron chi connectivity index (χ3n) is 8.31. The summed E-state index contributed by atoms with van der Waals surface area (Å²) in [7, 11) is 0. The molecule has 218 valence electrons. The van der Waals surface area contributed by atoms with Crippen LogP contribution in [-0.2, 0) is 0 Å². The number of fused-ring (bicyclic) bond motifs is 20. The molecule has 0 fully saturated rings. The van der Waals surface area contributed by atoms with Crippen LogP contribution in [-0.4, -0.2) is 39.9 Å². The molecule has 2 N–H and O–H groups in total. The molecule has 3 aromatic heterocycles. The van der Waals surface area contributed by atoms with E-state index < -0.39 is 0 Å². The minimum absolute atomic E-state index is 0.334. The summed E-state index contributed by atoms with van der Waals surface area (Å²) in [5.74, 6) is 1.39. The van der Waals surface area contributed by atoms with Crippen LogP contribution in [0.5, 0.6) is 0 Å². The van der Waals surface area contributed by atoms with Crippen molar-refractivity contribution in [2.24, 2.45) is 0 Å². The molecule has 0 aliphatic carbocycles. The molecule has 4 aromatic carbocycles. The van der Waals surface area contributed by atoms with Crippen molar-refractivity contribution >= 4 is 55.5 Å². The van der Waals surface area contributed by atoms with Crippen molar-refractivity contribution in [1.82, 2.24) is 39.9 Å². The van der Waals surface area contributed by atoms with E-state index in [9.17, 15) is 10.5 Å². The van der Waals surface area contributed by atoms with Crippen LogP contribution in [0.25, 0.3) is 99.4 Å². The minimum Gasteiger partial charge on any atom is -0.324 e. The van der Waals surface area contributed by atoms with E-state index in [0.717, 1.165) is 0 Å². The summed E-state index contributed by atoms with van der Waals surface area (Å²) in [5.41, 5.74) is 6.08. The van der Waals surface area contributed by atoms with Gasteiger partial charge in [0.05, 0.1) is 36.4 Å². The molecule has 0 unspecified atom stereocenters. The number of nitrogens with zero attached hydrogens (tertiary/aromatic N) is 10. The lowest BCUT2D eigenvalue weighted by atomic mass is 10.1. The van der Waals surface area contributed by atoms with Gasteiger partial charge in [-0.1, -0.05) is 24.3 Å². The third kappa shape index (κ3) is 3.92. The largest absolute Gasteiger partial charge is 0.324 e. The van der Waals surface area contributed by atoms with Crippen molar-refractivity contribution < 1.29 is 0 Å². The van der Waals surface area contributed by atoms with Crippen LogP contribution in [0.1, 0.15) is 11.1 Å². The summed E-state index contributed by atoms with van der Waals surface area (Å²) in [5, 5.41) is 22.1. The number of aromatic amines is 2. The summed E-state index contributed by atoms with van der Waals surface area (Å²) in [6, 6.07) is 25.3. The molecular weight excluding hydrogens is 600 g/mol. The number of benzene rings is 4. The molecule has 7 aromatic rings. The number of hydrogen-bond donors (Lipinski definition) is 2. The highest BCUT2D eigenvalue weighted by Gasteiger charge is 2.23. The maximum Gasteiger partial charge on any atom is 0.188 e. The molecule has 0 amide bonds. The summed E-state index contributed by atoms with van der Waals surface area (Å²) in [6.45, 7) is 15.2. The van der Waals surface area contributed by atoms with Gasteiger partial charge >= 0.3 is 0 Å². The highest BCUT2D eigenvalue weighted by atomic mass is 15.1. The first-order chi connectivity index (χ1) is 23.5. The number of nitrogens with one attached hydrogen (secondary N) is 2. The van der Waals surface area contributed by atoms with Gasteiger partial charge in [0.2, 0.25) is 0 Å². The molecule has 2 aliphatic rings. The van der Waals surface area contributed by atoms with Crippen molar-refractivity contribution in [3.8, 4) is 57.7 Å². The Balaban J connectivity index is 1.50. The van der Waals surface area contributed by atoms with Crippen molar-refractivity contribution in [2.45, 2.75) is 0 Å². The molecule has 0 radical (unpaired) electrons. The van der Waals surface area contributed by atoms with E-state index in [1.165, 1.54) is 0 Å². The average Bonchev–Trinajstić information content (AvgIpc) is 3.85. The maximum absolute atomic E-state index is 9.69. The fourth-order valence-electron chi connectivity index (χ4n) is 6.05. The first-order valence-electron chi connectivity index (χ1n) is 14.5. The van der Waals surface area contributed by atoms with Crippen molar-refractivity contribution in [3.63, 3.8) is 0 Å². The fourth-order valence-corrected chi connectivity index (χ4v) is 6.05. The maximum atomic E-state index is 9.69. The highest BCUT2D eigenvalue weighted by Crippen LogP contribution is 2.39. The lowest BCUT2D eigenvalue weighted by Crippen LogP contribution is -1.84. The molecular formula is C36H14N12.